The highest BCUT2D eigenvalue weighted by Gasteiger charge is 2.26. The fourth-order valence-corrected chi connectivity index (χ4v) is 4.31. The summed E-state index contributed by atoms with van der Waals surface area (Å²) in [7, 11) is 0. The number of rotatable bonds is 11. The molecule has 0 aliphatic heterocycles. The van der Waals surface area contributed by atoms with Crippen molar-refractivity contribution in [3.8, 4) is 0 Å². The summed E-state index contributed by atoms with van der Waals surface area (Å²) >= 11 is 14.2. The zero-order valence-electron chi connectivity index (χ0n) is 16.6. The molecule has 2 aromatic rings. The third-order valence-corrected chi connectivity index (χ3v) is 6.45. The van der Waals surface area contributed by atoms with Crippen molar-refractivity contribution >= 4 is 69.6 Å². The summed E-state index contributed by atoms with van der Waals surface area (Å²) in [4.78, 5) is 47.3. The van der Waals surface area contributed by atoms with Crippen molar-refractivity contribution in [2.75, 3.05) is 12.3 Å². The van der Waals surface area contributed by atoms with E-state index in [1.54, 1.807) is 18.2 Å². The van der Waals surface area contributed by atoms with Crippen molar-refractivity contribution in [3.63, 3.8) is 0 Å². The third-order valence-electron chi connectivity index (χ3n) is 3.69. The van der Waals surface area contributed by atoms with Crippen molar-refractivity contribution in [1.29, 1.82) is 0 Å². The molecule has 1 heterocycles. The molecule has 1 aromatic heterocycles. The monoisotopic (exact) mass is 520 g/mol. The molecule has 0 saturated carbocycles. The van der Waals surface area contributed by atoms with Crippen molar-refractivity contribution < 1.29 is 24.3 Å². The second kappa shape index (κ2) is 12.6. The maximum absolute atomic E-state index is 12.7. The lowest BCUT2D eigenvalue weighted by Gasteiger charge is -2.16. The molecule has 172 valence electrons. The van der Waals surface area contributed by atoms with Gasteiger partial charge in [0.15, 0.2) is 5.78 Å². The Hall–Kier alpha value is -2.35. The highest BCUT2D eigenvalue weighted by atomic mass is 35.5. The minimum atomic E-state index is -1.29. The first kappa shape index (κ1) is 25.9. The van der Waals surface area contributed by atoms with Crippen LogP contribution in [0.25, 0.3) is 0 Å². The topological polar surface area (TPSA) is 156 Å². The number of aliphatic carboxylic acids is 1. The smallest absolute Gasteiger partial charge is 0.305 e. The van der Waals surface area contributed by atoms with E-state index in [9.17, 15) is 19.2 Å². The van der Waals surface area contributed by atoms with Crippen LogP contribution in [0.15, 0.2) is 28.3 Å². The van der Waals surface area contributed by atoms with E-state index in [1.807, 2.05) is 0 Å². The Labute approximate surface area is 201 Å². The van der Waals surface area contributed by atoms with Crippen molar-refractivity contribution in [1.82, 2.24) is 30.8 Å². The maximum atomic E-state index is 12.7. The van der Waals surface area contributed by atoms with Crippen LogP contribution in [0.4, 0.5) is 4.79 Å². The molecule has 1 atom stereocenters. The fraction of sp³-hybridized carbons (Fsp3) is 0.353. The lowest BCUT2D eigenvalue weighted by Crippen LogP contribution is -2.42. The molecular formula is C17H18Cl2N6O5S2. The van der Waals surface area contributed by atoms with Gasteiger partial charge >= 0.3 is 5.97 Å². The van der Waals surface area contributed by atoms with Crippen LogP contribution in [-0.2, 0) is 20.9 Å². The number of nitrogens with zero attached hydrogens (tertiary/aromatic N) is 4. The second-order valence-electron chi connectivity index (χ2n) is 6.15. The van der Waals surface area contributed by atoms with Crippen LogP contribution >= 0.6 is 46.7 Å². The third kappa shape index (κ3) is 8.30. The van der Waals surface area contributed by atoms with Gasteiger partial charge in [-0.05, 0) is 34.3 Å². The molecule has 0 aliphatic rings. The molecule has 1 unspecified atom stereocenters. The Morgan fingerprint density at radius 1 is 1.22 bits per heavy atom. The SMILES string of the molecule is CC(=O)NCCSC(=O)NC(CC(=O)O)C(=O)Cn1nnnc1Sc1c(Cl)cccc1Cl. The van der Waals surface area contributed by atoms with E-state index >= 15 is 0 Å². The molecule has 0 fully saturated rings. The average Bonchev–Trinajstić information content (AvgIpc) is 3.14. The number of hydrogen-bond donors (Lipinski definition) is 3. The number of halogens is 2. The van der Waals surface area contributed by atoms with Crippen LogP contribution in [-0.4, -0.2) is 66.6 Å². The largest absolute Gasteiger partial charge is 0.481 e. The predicted molar refractivity (Wildman–Crippen MR) is 119 cm³/mol. The molecule has 32 heavy (non-hydrogen) atoms. The number of aromatic nitrogens is 4. The van der Waals surface area contributed by atoms with Gasteiger partial charge in [0, 0.05) is 19.2 Å². The zero-order chi connectivity index (χ0) is 23.7. The maximum Gasteiger partial charge on any atom is 0.305 e. The van der Waals surface area contributed by atoms with Gasteiger partial charge in [0.2, 0.25) is 11.1 Å². The quantitative estimate of drug-likeness (QED) is 0.374. The first-order valence-corrected chi connectivity index (χ1v) is 11.5. The average molecular weight is 521 g/mol. The highest BCUT2D eigenvalue weighted by molar-refractivity contribution is 8.13. The summed E-state index contributed by atoms with van der Waals surface area (Å²) in [6.07, 6.45) is -0.613. The molecule has 0 spiro atoms. The van der Waals surface area contributed by atoms with E-state index in [0.29, 0.717) is 14.9 Å². The summed E-state index contributed by atoms with van der Waals surface area (Å²) in [6.45, 7) is 1.21. The van der Waals surface area contributed by atoms with Gasteiger partial charge < -0.3 is 15.7 Å². The number of carbonyl (C=O) groups excluding carboxylic acids is 3. The standard InChI is InChI=1S/C17H18Cl2N6O5S2/c1-9(26)20-5-6-31-17(30)21-12(7-14(28)29)13(27)8-25-16(22-23-24-25)32-15-10(18)3-2-4-11(15)19/h2-4,12H,5-8H2,1H3,(H,20,26)(H,21,30)(H,28,29). The van der Waals surface area contributed by atoms with Gasteiger partial charge in [-0.25, -0.2) is 4.68 Å². The minimum absolute atomic E-state index is 0.207. The number of carboxylic acid groups (broad SMARTS) is 1. The summed E-state index contributed by atoms with van der Waals surface area (Å²) in [5.41, 5.74) is 0. The number of thioether (sulfide) groups is 1. The van der Waals surface area contributed by atoms with E-state index in [1.165, 1.54) is 6.92 Å². The Morgan fingerprint density at radius 2 is 1.91 bits per heavy atom. The number of Topliss-reactive ketones (excluding diaryl/α,β-unsaturated/α-hetero) is 1. The number of carboxylic acids is 1. The van der Waals surface area contributed by atoms with Gasteiger partial charge in [0.1, 0.15) is 12.6 Å². The molecule has 2 amide bonds. The van der Waals surface area contributed by atoms with Crippen molar-refractivity contribution in [3.05, 3.63) is 28.2 Å². The highest BCUT2D eigenvalue weighted by Crippen LogP contribution is 2.37. The zero-order valence-corrected chi connectivity index (χ0v) is 19.7. The molecule has 0 radical (unpaired) electrons. The van der Waals surface area contributed by atoms with Gasteiger partial charge in [-0.1, -0.05) is 41.0 Å². The normalized spacial score (nSPS) is 11.6. The predicted octanol–water partition coefficient (Wildman–Crippen LogP) is 2.12. The molecule has 1 aromatic carbocycles. The minimum Gasteiger partial charge on any atom is -0.481 e. The molecular weight excluding hydrogens is 503 g/mol. The van der Waals surface area contributed by atoms with E-state index in [4.69, 9.17) is 28.3 Å². The lowest BCUT2D eigenvalue weighted by molar-refractivity contribution is -0.139. The molecule has 0 aliphatic carbocycles. The van der Waals surface area contributed by atoms with Gasteiger partial charge in [-0.2, -0.15) is 0 Å². The first-order valence-electron chi connectivity index (χ1n) is 8.97. The van der Waals surface area contributed by atoms with Crippen molar-refractivity contribution in [2.24, 2.45) is 0 Å². The molecule has 3 N–H and O–H groups in total. The Morgan fingerprint density at radius 3 is 2.53 bits per heavy atom. The molecule has 11 nitrogen and oxygen atoms in total. The number of carbonyl (C=O) groups is 4. The number of nitrogens with one attached hydrogen (secondary N) is 2. The van der Waals surface area contributed by atoms with E-state index in [-0.39, 0.29) is 29.9 Å². The lowest BCUT2D eigenvalue weighted by atomic mass is 10.1. The van der Waals surface area contributed by atoms with E-state index in [2.05, 4.69) is 26.2 Å². The van der Waals surface area contributed by atoms with Gasteiger partial charge in [0.25, 0.3) is 5.24 Å². The van der Waals surface area contributed by atoms with Gasteiger partial charge in [-0.3, -0.25) is 19.2 Å². The summed E-state index contributed by atoms with van der Waals surface area (Å²) in [6, 6.07) is 3.65. The number of ketones is 1. The Bertz CT molecular complexity index is 985. The van der Waals surface area contributed by atoms with Crippen LogP contribution in [0.1, 0.15) is 13.3 Å². The second-order valence-corrected chi connectivity index (χ2v) is 9.01. The summed E-state index contributed by atoms with van der Waals surface area (Å²) < 4.78 is 1.16. The summed E-state index contributed by atoms with van der Waals surface area (Å²) in [5, 5.41) is 25.5. The van der Waals surface area contributed by atoms with Gasteiger partial charge in [-0.15, -0.1) is 5.10 Å². The summed E-state index contributed by atoms with van der Waals surface area (Å²) in [5.74, 6) is -1.85. The van der Waals surface area contributed by atoms with Crippen LogP contribution in [0.2, 0.25) is 10.0 Å². The Balaban J connectivity index is 2.04. The van der Waals surface area contributed by atoms with Crippen LogP contribution in [0.3, 0.4) is 0 Å². The number of amides is 2. The van der Waals surface area contributed by atoms with Gasteiger partial charge in [0.05, 0.1) is 21.4 Å². The van der Waals surface area contributed by atoms with E-state index in [0.717, 1.165) is 28.2 Å². The van der Waals surface area contributed by atoms with Crippen molar-refractivity contribution in [2.45, 2.75) is 36.0 Å². The number of hydrogen-bond acceptors (Lipinski definition) is 9. The molecule has 0 saturated heterocycles. The number of tetrazole rings is 1. The first-order chi connectivity index (χ1) is 15.2. The van der Waals surface area contributed by atoms with E-state index < -0.39 is 29.5 Å². The van der Waals surface area contributed by atoms with Crippen LogP contribution < -0.4 is 10.6 Å². The Kier molecular flexibility index (Phi) is 10.2. The van der Waals surface area contributed by atoms with Crippen LogP contribution in [0, 0.1) is 0 Å². The molecule has 15 heteroatoms. The van der Waals surface area contributed by atoms with Crippen LogP contribution in [0.5, 0.6) is 0 Å². The fourth-order valence-electron chi connectivity index (χ4n) is 2.27. The molecule has 2 rings (SSSR count). The number of benzene rings is 1. The molecule has 0 bridgehead atoms.